The largest absolute Gasteiger partial charge is 0.310 e. The van der Waals surface area contributed by atoms with E-state index in [9.17, 15) is 0 Å². The fourth-order valence-corrected chi connectivity index (χ4v) is 9.32. The number of allylic oxidation sites excluding steroid dienone is 5. The van der Waals surface area contributed by atoms with Crippen LogP contribution in [0, 0.1) is 5.41 Å². The summed E-state index contributed by atoms with van der Waals surface area (Å²) in [4.78, 5) is 2.36. The van der Waals surface area contributed by atoms with Crippen LogP contribution in [0.3, 0.4) is 0 Å². The van der Waals surface area contributed by atoms with E-state index in [4.69, 9.17) is 0 Å². The highest BCUT2D eigenvalue weighted by atomic mass is 15.1. The molecule has 9 rings (SSSR count). The summed E-state index contributed by atoms with van der Waals surface area (Å²) < 4.78 is 0. The summed E-state index contributed by atoms with van der Waals surface area (Å²) in [5, 5.41) is 0. The first-order valence-corrected chi connectivity index (χ1v) is 21.9. The van der Waals surface area contributed by atoms with E-state index >= 15 is 0 Å². The summed E-state index contributed by atoms with van der Waals surface area (Å²) in [6, 6.07) is 58.8. The zero-order chi connectivity index (χ0) is 41.9. The van der Waals surface area contributed by atoms with E-state index in [2.05, 4.69) is 221 Å². The number of nitrogens with zero attached hydrogens (tertiary/aromatic N) is 1. The fourth-order valence-electron chi connectivity index (χ4n) is 9.32. The van der Waals surface area contributed by atoms with Gasteiger partial charge in [0.05, 0.1) is 0 Å². The van der Waals surface area contributed by atoms with Gasteiger partial charge in [-0.25, -0.2) is 0 Å². The molecule has 0 spiro atoms. The third-order valence-electron chi connectivity index (χ3n) is 12.4. The number of hydrogen-bond acceptors (Lipinski definition) is 1. The van der Waals surface area contributed by atoms with E-state index in [1.807, 2.05) is 6.08 Å². The molecule has 0 aromatic heterocycles. The van der Waals surface area contributed by atoms with Crippen molar-refractivity contribution in [2.75, 3.05) is 4.90 Å². The van der Waals surface area contributed by atoms with E-state index in [0.29, 0.717) is 0 Å². The van der Waals surface area contributed by atoms with E-state index in [0.717, 1.165) is 54.7 Å². The summed E-state index contributed by atoms with van der Waals surface area (Å²) in [7, 11) is 0. The van der Waals surface area contributed by atoms with Gasteiger partial charge < -0.3 is 4.90 Å². The number of rotatable bonds is 10. The van der Waals surface area contributed by atoms with E-state index < -0.39 is 0 Å². The van der Waals surface area contributed by atoms with Crippen LogP contribution in [0.15, 0.2) is 194 Å². The van der Waals surface area contributed by atoms with Crippen LogP contribution < -0.4 is 4.90 Å². The van der Waals surface area contributed by atoms with Gasteiger partial charge in [0.25, 0.3) is 0 Å². The molecule has 0 radical (unpaired) electrons. The third-order valence-corrected chi connectivity index (χ3v) is 12.4. The van der Waals surface area contributed by atoms with Crippen molar-refractivity contribution in [3.63, 3.8) is 0 Å². The predicted molar refractivity (Wildman–Crippen MR) is 263 cm³/mol. The third kappa shape index (κ3) is 8.52. The number of benzene rings is 7. The number of hydrogen-bond donors (Lipinski definition) is 0. The Morgan fingerprint density at radius 3 is 1.66 bits per heavy atom. The Hall–Kier alpha value is -6.70. The topological polar surface area (TPSA) is 3.24 Å². The molecule has 1 heteroatoms. The molecule has 7 aromatic carbocycles. The highest BCUT2D eigenvalue weighted by molar-refractivity contribution is 5.83. The summed E-state index contributed by atoms with van der Waals surface area (Å²) in [5.41, 5.74) is 23.2. The summed E-state index contributed by atoms with van der Waals surface area (Å²) in [5.74, 6) is 0. The molecule has 0 fully saturated rings. The molecule has 0 heterocycles. The average molecular weight is 790 g/mol. The zero-order valence-electron chi connectivity index (χ0n) is 36.1. The monoisotopic (exact) mass is 789 g/mol. The van der Waals surface area contributed by atoms with Gasteiger partial charge in [-0.3, -0.25) is 0 Å². The number of fused-ring (bicyclic) bond motifs is 6. The molecule has 1 nitrogen and oxygen atoms in total. The van der Waals surface area contributed by atoms with E-state index in [1.54, 1.807) is 0 Å². The van der Waals surface area contributed by atoms with Gasteiger partial charge in [-0.1, -0.05) is 167 Å². The maximum atomic E-state index is 4.18. The maximum Gasteiger partial charge on any atom is 0.0467 e. The van der Waals surface area contributed by atoms with Crippen LogP contribution in [0.5, 0.6) is 0 Å². The number of aryl methyl sites for hydroxylation is 4. The molecule has 0 amide bonds. The van der Waals surface area contributed by atoms with Gasteiger partial charge in [0.1, 0.15) is 0 Å². The Morgan fingerprint density at radius 2 is 1.08 bits per heavy atom. The lowest BCUT2D eigenvalue weighted by atomic mass is 9.84. The van der Waals surface area contributed by atoms with Crippen molar-refractivity contribution in [2.24, 2.45) is 5.41 Å². The Balaban J connectivity index is 1.09. The molecule has 0 saturated carbocycles. The van der Waals surface area contributed by atoms with Crippen molar-refractivity contribution in [3.05, 3.63) is 228 Å². The van der Waals surface area contributed by atoms with Gasteiger partial charge in [-0.15, -0.1) is 0 Å². The van der Waals surface area contributed by atoms with Crippen molar-refractivity contribution < 1.29 is 0 Å². The minimum Gasteiger partial charge on any atom is -0.310 e. The zero-order valence-corrected chi connectivity index (χ0v) is 36.1. The Bertz CT molecular complexity index is 2820. The van der Waals surface area contributed by atoms with Gasteiger partial charge in [0, 0.05) is 17.1 Å². The van der Waals surface area contributed by atoms with Gasteiger partial charge in [-0.05, 0) is 176 Å². The lowest BCUT2D eigenvalue weighted by molar-refractivity contribution is 0.427. The first kappa shape index (κ1) is 39.7. The van der Waals surface area contributed by atoms with Crippen LogP contribution in [0.2, 0.25) is 0 Å². The van der Waals surface area contributed by atoms with Crippen molar-refractivity contribution in [3.8, 4) is 44.5 Å². The van der Waals surface area contributed by atoms with Crippen molar-refractivity contribution in [2.45, 2.75) is 59.8 Å². The summed E-state index contributed by atoms with van der Waals surface area (Å²) >= 11 is 0. The van der Waals surface area contributed by atoms with Crippen LogP contribution in [0.4, 0.5) is 11.4 Å². The van der Waals surface area contributed by atoms with Crippen molar-refractivity contribution >= 4 is 23.0 Å². The molecule has 0 N–H and O–H groups in total. The molecule has 0 aliphatic heterocycles. The van der Waals surface area contributed by atoms with Crippen LogP contribution in [-0.4, -0.2) is 0 Å². The molecule has 0 unspecified atom stereocenters. The van der Waals surface area contributed by atoms with Crippen LogP contribution in [-0.2, 0) is 25.7 Å². The summed E-state index contributed by atoms with van der Waals surface area (Å²) in [6.07, 6.45) is 16.1. The Kier molecular flexibility index (Phi) is 11.2. The normalized spacial score (nSPS) is 13.6. The average Bonchev–Trinajstić information content (AvgIpc) is 3.30. The lowest BCUT2D eigenvalue weighted by Crippen LogP contribution is -2.15. The van der Waals surface area contributed by atoms with Gasteiger partial charge in [-0.2, -0.15) is 0 Å². The minimum absolute atomic E-state index is 0.224. The SMILES string of the molecule is C=C/C=C(\C=Cc1ccc(/C(=C/C)CC(C)(C)C)cc1)N(c1ccc(-c2ccc3c(c2)-c2ccccc2CC3)cc1)c1cccc(-c2ccc3c(c2)-c2ccccc2CC3)c1. The molecule has 2 aliphatic carbocycles. The molecular weight excluding hydrogens is 735 g/mol. The van der Waals surface area contributed by atoms with Crippen LogP contribution >= 0.6 is 0 Å². The van der Waals surface area contributed by atoms with Gasteiger partial charge in [0.2, 0.25) is 0 Å². The van der Waals surface area contributed by atoms with E-state index in [-0.39, 0.29) is 5.41 Å². The first-order chi connectivity index (χ1) is 29.7. The molecule has 7 aromatic rings. The smallest absolute Gasteiger partial charge is 0.0467 e. The van der Waals surface area contributed by atoms with Crippen LogP contribution in [0.1, 0.15) is 67.5 Å². The second-order valence-electron chi connectivity index (χ2n) is 17.8. The molecule has 0 saturated heterocycles. The van der Waals surface area contributed by atoms with Crippen LogP contribution in [0.25, 0.3) is 56.2 Å². The van der Waals surface area contributed by atoms with Gasteiger partial charge in [0.15, 0.2) is 0 Å². The fraction of sp³-hybridized carbons (Fsp3) is 0.167. The van der Waals surface area contributed by atoms with E-state index in [1.165, 1.54) is 77.9 Å². The maximum absolute atomic E-state index is 4.18. The predicted octanol–water partition coefficient (Wildman–Crippen LogP) is 16.3. The minimum atomic E-state index is 0.224. The Morgan fingerprint density at radius 1 is 0.541 bits per heavy atom. The molecule has 300 valence electrons. The van der Waals surface area contributed by atoms with Crippen molar-refractivity contribution in [1.82, 2.24) is 0 Å². The quantitative estimate of drug-likeness (QED) is 0.125. The standard InChI is InChI=1S/C60H55N/c1-6-13-53(35-22-42-20-23-44(24-21-42)43(7-2)41-60(3,4)5)61(54-36-33-45(34-37-54)51-31-29-48-27-25-46-14-8-10-18-56(46)58(48)39-51)55-17-12-16-50(38-55)52-32-30-49-28-26-47-15-9-11-19-57(47)59(49)40-52/h6-24,29-40H,1,25-28,41H2,2-5H3/b35-22?,43-7+,53-13+. The highest BCUT2D eigenvalue weighted by Gasteiger charge is 2.20. The highest BCUT2D eigenvalue weighted by Crippen LogP contribution is 2.41. The molecular formula is C60H55N. The molecule has 61 heavy (non-hydrogen) atoms. The van der Waals surface area contributed by atoms with Crippen molar-refractivity contribution in [1.29, 1.82) is 0 Å². The molecule has 2 aliphatic rings. The lowest BCUT2D eigenvalue weighted by Gasteiger charge is -2.27. The Labute approximate surface area is 363 Å². The van der Waals surface area contributed by atoms with Gasteiger partial charge >= 0.3 is 0 Å². The second-order valence-corrected chi connectivity index (χ2v) is 17.8. The first-order valence-electron chi connectivity index (χ1n) is 21.9. The number of anilines is 2. The molecule has 0 bridgehead atoms. The summed E-state index contributed by atoms with van der Waals surface area (Å²) in [6.45, 7) is 13.2. The second kappa shape index (κ2) is 17.1. The molecule has 0 atom stereocenters.